The highest BCUT2D eigenvalue weighted by molar-refractivity contribution is 4.74. The summed E-state index contributed by atoms with van der Waals surface area (Å²) in [6.45, 7) is 9.65. The largest absolute Gasteiger partial charge is 0.380 e. The molecule has 1 N–H and O–H groups in total. The Hall–Kier alpha value is -0.0800. The normalized spacial score (nSPS) is 25.9. The van der Waals surface area contributed by atoms with Gasteiger partial charge in [-0.25, -0.2) is 0 Å². The first kappa shape index (κ1) is 9.01. The average Bonchev–Trinajstić information content (AvgIpc) is 2.32. The summed E-state index contributed by atoms with van der Waals surface area (Å²) in [6.07, 6.45) is 1.18. The first-order valence-electron chi connectivity index (χ1n) is 4.39. The minimum absolute atomic E-state index is 0.391. The summed E-state index contributed by atoms with van der Waals surface area (Å²) in [6, 6.07) is 0.606. The van der Waals surface area contributed by atoms with Gasteiger partial charge in [-0.05, 0) is 11.8 Å². The minimum atomic E-state index is 0.391. The van der Waals surface area contributed by atoms with Gasteiger partial charge >= 0.3 is 0 Å². The van der Waals surface area contributed by atoms with Crippen molar-refractivity contribution in [1.82, 2.24) is 5.32 Å². The van der Waals surface area contributed by atoms with Crippen LogP contribution in [0.15, 0.2) is 0 Å². The van der Waals surface area contributed by atoms with Gasteiger partial charge in [-0.3, -0.25) is 0 Å². The van der Waals surface area contributed by atoms with Crippen LogP contribution in [-0.2, 0) is 4.74 Å². The van der Waals surface area contributed by atoms with Crippen molar-refractivity contribution in [3.8, 4) is 0 Å². The van der Waals surface area contributed by atoms with Crippen molar-refractivity contribution in [3.05, 3.63) is 0 Å². The van der Waals surface area contributed by atoms with E-state index in [-0.39, 0.29) is 0 Å². The topological polar surface area (TPSA) is 21.3 Å². The SMILES string of the molecule is CC(C)(C)CN[C@H]1CCOC1. The fraction of sp³-hybridized carbons (Fsp3) is 1.00. The Bertz CT molecular complexity index is 111. The fourth-order valence-electron chi connectivity index (χ4n) is 1.15. The molecule has 0 saturated carbocycles. The minimum Gasteiger partial charge on any atom is -0.380 e. The molecule has 1 aliphatic rings. The van der Waals surface area contributed by atoms with Gasteiger partial charge in [0.25, 0.3) is 0 Å². The van der Waals surface area contributed by atoms with Crippen molar-refractivity contribution < 1.29 is 4.74 Å². The highest BCUT2D eigenvalue weighted by Crippen LogP contribution is 2.12. The maximum Gasteiger partial charge on any atom is 0.0620 e. The molecule has 0 aromatic carbocycles. The molecule has 0 aromatic heterocycles. The Morgan fingerprint density at radius 2 is 2.18 bits per heavy atom. The molecule has 11 heavy (non-hydrogen) atoms. The fourth-order valence-corrected chi connectivity index (χ4v) is 1.15. The van der Waals surface area contributed by atoms with Crippen LogP contribution in [0, 0.1) is 5.41 Å². The smallest absolute Gasteiger partial charge is 0.0620 e. The standard InChI is InChI=1S/C9H19NO/c1-9(2,3)7-10-8-4-5-11-6-8/h8,10H,4-7H2,1-3H3/t8-/m0/s1. The highest BCUT2D eigenvalue weighted by Gasteiger charge is 2.17. The zero-order valence-corrected chi connectivity index (χ0v) is 7.81. The molecule has 1 fully saturated rings. The Morgan fingerprint density at radius 1 is 1.45 bits per heavy atom. The number of hydrogen-bond donors (Lipinski definition) is 1. The third kappa shape index (κ3) is 3.73. The molecule has 1 rings (SSSR count). The summed E-state index contributed by atoms with van der Waals surface area (Å²) >= 11 is 0. The Morgan fingerprint density at radius 3 is 2.64 bits per heavy atom. The van der Waals surface area contributed by atoms with Gasteiger partial charge in [0.05, 0.1) is 6.61 Å². The lowest BCUT2D eigenvalue weighted by Crippen LogP contribution is -2.35. The number of hydrogen-bond acceptors (Lipinski definition) is 2. The number of ether oxygens (including phenoxy) is 1. The summed E-state index contributed by atoms with van der Waals surface area (Å²) in [5.74, 6) is 0. The summed E-state index contributed by atoms with van der Waals surface area (Å²) in [7, 11) is 0. The Kier molecular flexibility index (Phi) is 2.90. The van der Waals surface area contributed by atoms with Gasteiger partial charge < -0.3 is 10.1 Å². The van der Waals surface area contributed by atoms with Crippen molar-refractivity contribution in [2.75, 3.05) is 19.8 Å². The first-order valence-corrected chi connectivity index (χ1v) is 4.39. The third-order valence-corrected chi connectivity index (χ3v) is 1.85. The number of nitrogens with one attached hydrogen (secondary N) is 1. The van der Waals surface area contributed by atoms with E-state index >= 15 is 0 Å². The van der Waals surface area contributed by atoms with Crippen molar-refractivity contribution >= 4 is 0 Å². The average molecular weight is 157 g/mol. The van der Waals surface area contributed by atoms with E-state index in [9.17, 15) is 0 Å². The van der Waals surface area contributed by atoms with Gasteiger partial charge in [-0.2, -0.15) is 0 Å². The van der Waals surface area contributed by atoms with E-state index in [0.29, 0.717) is 11.5 Å². The van der Waals surface area contributed by atoms with E-state index in [2.05, 4.69) is 26.1 Å². The molecular formula is C9H19NO. The van der Waals surface area contributed by atoms with Crippen molar-refractivity contribution in [1.29, 1.82) is 0 Å². The molecule has 2 nitrogen and oxygen atoms in total. The van der Waals surface area contributed by atoms with Crippen molar-refractivity contribution in [3.63, 3.8) is 0 Å². The van der Waals surface area contributed by atoms with Crippen LogP contribution in [0.3, 0.4) is 0 Å². The van der Waals surface area contributed by atoms with Gasteiger partial charge in [-0.15, -0.1) is 0 Å². The summed E-state index contributed by atoms with van der Waals surface area (Å²) < 4.78 is 5.26. The van der Waals surface area contributed by atoms with Gasteiger partial charge in [0.1, 0.15) is 0 Å². The van der Waals surface area contributed by atoms with E-state index < -0.39 is 0 Å². The molecule has 0 unspecified atom stereocenters. The first-order chi connectivity index (χ1) is 5.08. The van der Waals surface area contributed by atoms with Crippen molar-refractivity contribution in [2.24, 2.45) is 5.41 Å². The maximum absolute atomic E-state index is 5.26. The van der Waals surface area contributed by atoms with Crippen LogP contribution in [-0.4, -0.2) is 25.8 Å². The van der Waals surface area contributed by atoms with Crippen LogP contribution in [0.4, 0.5) is 0 Å². The van der Waals surface area contributed by atoms with Crippen LogP contribution in [0.25, 0.3) is 0 Å². The van der Waals surface area contributed by atoms with Crippen LogP contribution < -0.4 is 5.32 Å². The van der Waals surface area contributed by atoms with Gasteiger partial charge in [0.2, 0.25) is 0 Å². The van der Waals surface area contributed by atoms with E-state index in [1.165, 1.54) is 6.42 Å². The van der Waals surface area contributed by atoms with E-state index in [4.69, 9.17) is 4.74 Å². The predicted octanol–water partition coefficient (Wildman–Crippen LogP) is 1.41. The van der Waals surface area contributed by atoms with Crippen LogP contribution in [0.2, 0.25) is 0 Å². The molecule has 1 heterocycles. The summed E-state index contributed by atoms with van der Waals surface area (Å²) in [5.41, 5.74) is 0.391. The third-order valence-electron chi connectivity index (χ3n) is 1.85. The monoisotopic (exact) mass is 157 g/mol. The quantitative estimate of drug-likeness (QED) is 0.654. The molecule has 0 spiro atoms. The molecule has 66 valence electrons. The Labute approximate surface area is 69.3 Å². The molecule has 0 aromatic rings. The highest BCUT2D eigenvalue weighted by atomic mass is 16.5. The zero-order valence-electron chi connectivity index (χ0n) is 7.81. The Balaban J connectivity index is 2.11. The molecule has 1 aliphatic heterocycles. The summed E-state index contributed by atoms with van der Waals surface area (Å²) in [4.78, 5) is 0. The maximum atomic E-state index is 5.26. The van der Waals surface area contributed by atoms with E-state index in [1.54, 1.807) is 0 Å². The second kappa shape index (κ2) is 3.55. The molecule has 2 heteroatoms. The number of rotatable bonds is 2. The lowest BCUT2D eigenvalue weighted by atomic mass is 9.96. The molecule has 0 aliphatic carbocycles. The lowest BCUT2D eigenvalue weighted by molar-refractivity contribution is 0.187. The van der Waals surface area contributed by atoms with Crippen LogP contribution >= 0.6 is 0 Å². The molecule has 1 saturated heterocycles. The van der Waals surface area contributed by atoms with Gasteiger partial charge in [-0.1, -0.05) is 20.8 Å². The summed E-state index contributed by atoms with van der Waals surface area (Å²) in [5, 5.41) is 3.50. The lowest BCUT2D eigenvalue weighted by Gasteiger charge is -2.21. The molecule has 1 atom stereocenters. The zero-order chi connectivity index (χ0) is 8.32. The second-order valence-electron chi connectivity index (χ2n) is 4.50. The van der Waals surface area contributed by atoms with Crippen LogP contribution in [0.1, 0.15) is 27.2 Å². The molecule has 0 amide bonds. The van der Waals surface area contributed by atoms with E-state index in [0.717, 1.165) is 19.8 Å². The van der Waals surface area contributed by atoms with Gasteiger partial charge in [0, 0.05) is 19.2 Å². The van der Waals surface area contributed by atoms with Crippen molar-refractivity contribution in [2.45, 2.75) is 33.2 Å². The van der Waals surface area contributed by atoms with E-state index in [1.807, 2.05) is 0 Å². The molecule has 0 bridgehead atoms. The predicted molar refractivity (Wildman–Crippen MR) is 46.7 cm³/mol. The molecule has 0 radical (unpaired) electrons. The second-order valence-corrected chi connectivity index (χ2v) is 4.50. The van der Waals surface area contributed by atoms with Crippen LogP contribution in [0.5, 0.6) is 0 Å². The molecular weight excluding hydrogens is 138 g/mol. The van der Waals surface area contributed by atoms with Gasteiger partial charge in [0.15, 0.2) is 0 Å².